The molecule has 1 rings (SSSR count). The van der Waals surface area contributed by atoms with Gasteiger partial charge in [-0.1, -0.05) is 0 Å². The summed E-state index contributed by atoms with van der Waals surface area (Å²) in [5, 5.41) is 17.8. The van der Waals surface area contributed by atoms with E-state index in [1.165, 1.54) is 6.20 Å². The molecule has 80 valence electrons. The topological polar surface area (TPSA) is 86.2 Å². The van der Waals surface area contributed by atoms with Crippen molar-refractivity contribution in [1.82, 2.24) is 4.98 Å². The molecule has 0 amide bonds. The number of nitrogen functional groups attached to an aromatic ring is 1. The molecule has 0 radical (unpaired) electrons. The molecule has 1 heterocycles. The second-order valence-electron chi connectivity index (χ2n) is 3.35. The summed E-state index contributed by atoms with van der Waals surface area (Å²) in [7, 11) is 1.78. The Hall–Kier alpha value is -1.80. The Morgan fingerprint density at radius 1 is 1.73 bits per heavy atom. The summed E-state index contributed by atoms with van der Waals surface area (Å²) in [6.07, 6.45) is 1.53. The van der Waals surface area contributed by atoms with Gasteiger partial charge >= 0.3 is 0 Å². The van der Waals surface area contributed by atoms with Gasteiger partial charge in [0.1, 0.15) is 6.07 Å². The average molecular weight is 206 g/mol. The summed E-state index contributed by atoms with van der Waals surface area (Å²) >= 11 is 0. The lowest BCUT2D eigenvalue weighted by Crippen LogP contribution is -2.33. The van der Waals surface area contributed by atoms with Crippen LogP contribution in [0.5, 0.6) is 0 Å². The molecule has 1 unspecified atom stereocenters. The number of nitrogens with zero attached hydrogens (tertiary/aromatic N) is 3. The Morgan fingerprint density at radius 3 is 2.93 bits per heavy atom. The molecule has 1 aromatic heterocycles. The fourth-order valence-corrected chi connectivity index (χ4v) is 1.17. The molecule has 0 aliphatic carbocycles. The van der Waals surface area contributed by atoms with E-state index in [1.807, 2.05) is 13.0 Å². The first-order valence-corrected chi connectivity index (χ1v) is 4.60. The van der Waals surface area contributed by atoms with Gasteiger partial charge in [0.15, 0.2) is 5.82 Å². The molecule has 0 saturated heterocycles. The largest absolute Gasteiger partial charge is 0.395 e. The second kappa shape index (κ2) is 4.62. The zero-order valence-corrected chi connectivity index (χ0v) is 8.81. The van der Waals surface area contributed by atoms with Crippen LogP contribution in [-0.2, 0) is 0 Å². The van der Waals surface area contributed by atoms with Crippen molar-refractivity contribution >= 4 is 11.5 Å². The van der Waals surface area contributed by atoms with E-state index in [0.717, 1.165) is 0 Å². The molecule has 0 saturated carbocycles. The summed E-state index contributed by atoms with van der Waals surface area (Å²) in [5.74, 6) is 0.524. The lowest BCUT2D eigenvalue weighted by molar-refractivity contribution is 0.270. The molecule has 3 N–H and O–H groups in total. The highest BCUT2D eigenvalue weighted by atomic mass is 16.3. The van der Waals surface area contributed by atoms with E-state index in [1.54, 1.807) is 18.0 Å². The molecule has 0 spiro atoms. The van der Waals surface area contributed by atoms with Crippen LogP contribution in [-0.4, -0.2) is 29.8 Å². The van der Waals surface area contributed by atoms with Gasteiger partial charge in [-0.05, 0) is 13.0 Å². The summed E-state index contributed by atoms with van der Waals surface area (Å²) in [5.41, 5.74) is 6.53. The lowest BCUT2D eigenvalue weighted by atomic mass is 10.2. The molecule has 0 bridgehead atoms. The number of aromatic nitrogens is 1. The summed E-state index contributed by atoms with van der Waals surface area (Å²) in [6, 6.07) is 3.47. The van der Waals surface area contributed by atoms with E-state index in [4.69, 9.17) is 16.1 Å². The number of hydrogen-bond donors (Lipinski definition) is 2. The summed E-state index contributed by atoms with van der Waals surface area (Å²) in [4.78, 5) is 5.84. The maximum atomic E-state index is 9.01. The highest BCUT2D eigenvalue weighted by molar-refractivity contribution is 5.69. The smallest absolute Gasteiger partial charge is 0.153 e. The first-order valence-electron chi connectivity index (χ1n) is 4.60. The average Bonchev–Trinajstić information content (AvgIpc) is 2.27. The van der Waals surface area contributed by atoms with E-state index >= 15 is 0 Å². The lowest BCUT2D eigenvalue weighted by Gasteiger charge is -2.25. The van der Waals surface area contributed by atoms with Crippen molar-refractivity contribution in [3.05, 3.63) is 17.8 Å². The van der Waals surface area contributed by atoms with Crippen LogP contribution >= 0.6 is 0 Å². The fraction of sp³-hybridized carbons (Fsp3) is 0.400. The van der Waals surface area contributed by atoms with Crippen LogP contribution < -0.4 is 10.6 Å². The van der Waals surface area contributed by atoms with Gasteiger partial charge in [0.25, 0.3) is 0 Å². The summed E-state index contributed by atoms with van der Waals surface area (Å²) < 4.78 is 0. The van der Waals surface area contributed by atoms with Crippen molar-refractivity contribution in [1.29, 1.82) is 5.26 Å². The van der Waals surface area contributed by atoms with Crippen molar-refractivity contribution in [3.8, 4) is 6.07 Å². The molecular weight excluding hydrogens is 192 g/mol. The first kappa shape index (κ1) is 11.3. The van der Waals surface area contributed by atoms with Crippen molar-refractivity contribution < 1.29 is 5.11 Å². The SMILES string of the molecule is CC(CO)N(C)c1nccc(C#N)c1N. The van der Waals surface area contributed by atoms with Gasteiger partial charge in [-0.15, -0.1) is 0 Å². The first-order chi connectivity index (χ1) is 7.11. The van der Waals surface area contributed by atoms with Crippen LogP contribution in [0.3, 0.4) is 0 Å². The second-order valence-corrected chi connectivity index (χ2v) is 3.35. The highest BCUT2D eigenvalue weighted by Gasteiger charge is 2.14. The maximum absolute atomic E-state index is 9.01. The number of likely N-dealkylation sites (N-methyl/N-ethyl adjacent to an activating group) is 1. The maximum Gasteiger partial charge on any atom is 0.153 e. The van der Waals surface area contributed by atoms with Gasteiger partial charge in [0, 0.05) is 13.2 Å². The number of rotatable bonds is 3. The minimum atomic E-state index is -0.0891. The molecule has 0 aromatic carbocycles. The third-order valence-electron chi connectivity index (χ3n) is 2.35. The number of aliphatic hydroxyl groups excluding tert-OH is 1. The van der Waals surface area contributed by atoms with Gasteiger partial charge < -0.3 is 15.7 Å². The minimum absolute atomic E-state index is 0.00833. The predicted octanol–water partition coefficient (Wildman–Crippen LogP) is 0.352. The van der Waals surface area contributed by atoms with E-state index in [-0.39, 0.29) is 12.6 Å². The standard InChI is InChI=1S/C10H14N4O/c1-7(6-15)14(2)10-9(12)8(5-11)3-4-13-10/h3-4,7,15H,6,12H2,1-2H3. The third kappa shape index (κ3) is 2.17. The Morgan fingerprint density at radius 2 is 2.40 bits per heavy atom. The van der Waals surface area contributed by atoms with Crippen molar-refractivity contribution in [2.75, 3.05) is 24.3 Å². The van der Waals surface area contributed by atoms with Crippen LogP contribution in [0.25, 0.3) is 0 Å². The number of hydrogen-bond acceptors (Lipinski definition) is 5. The van der Waals surface area contributed by atoms with Crippen LogP contribution in [0.4, 0.5) is 11.5 Å². The van der Waals surface area contributed by atoms with Crippen LogP contribution in [0, 0.1) is 11.3 Å². The van der Waals surface area contributed by atoms with Gasteiger partial charge in [0.05, 0.1) is 23.9 Å². The predicted molar refractivity (Wildman–Crippen MR) is 58.3 cm³/mol. The fourth-order valence-electron chi connectivity index (χ4n) is 1.17. The molecule has 15 heavy (non-hydrogen) atoms. The Bertz CT molecular complexity index is 385. The van der Waals surface area contributed by atoms with Crippen LogP contribution in [0.2, 0.25) is 0 Å². The molecule has 0 aliphatic rings. The van der Waals surface area contributed by atoms with Crippen LogP contribution in [0.15, 0.2) is 12.3 Å². The molecule has 5 heteroatoms. The summed E-state index contributed by atoms with van der Waals surface area (Å²) in [6.45, 7) is 1.86. The number of pyridine rings is 1. The van der Waals surface area contributed by atoms with Gasteiger partial charge in [-0.3, -0.25) is 0 Å². The van der Waals surface area contributed by atoms with E-state index in [2.05, 4.69) is 4.98 Å². The van der Waals surface area contributed by atoms with E-state index < -0.39 is 0 Å². The zero-order chi connectivity index (χ0) is 11.4. The van der Waals surface area contributed by atoms with E-state index in [0.29, 0.717) is 17.1 Å². The van der Waals surface area contributed by atoms with Gasteiger partial charge in [0.2, 0.25) is 0 Å². The van der Waals surface area contributed by atoms with Crippen molar-refractivity contribution in [2.24, 2.45) is 0 Å². The van der Waals surface area contributed by atoms with E-state index in [9.17, 15) is 0 Å². The Kier molecular flexibility index (Phi) is 3.47. The zero-order valence-electron chi connectivity index (χ0n) is 8.81. The normalized spacial score (nSPS) is 11.9. The Balaban J connectivity index is 3.10. The van der Waals surface area contributed by atoms with Crippen molar-refractivity contribution in [3.63, 3.8) is 0 Å². The number of aliphatic hydroxyl groups is 1. The van der Waals surface area contributed by atoms with Crippen LogP contribution in [0.1, 0.15) is 12.5 Å². The molecule has 5 nitrogen and oxygen atoms in total. The third-order valence-corrected chi connectivity index (χ3v) is 2.35. The monoisotopic (exact) mass is 206 g/mol. The molecule has 1 atom stereocenters. The molecule has 1 aromatic rings. The number of anilines is 2. The molecule has 0 aliphatic heterocycles. The highest BCUT2D eigenvalue weighted by Crippen LogP contribution is 2.23. The Labute approximate surface area is 88.8 Å². The quantitative estimate of drug-likeness (QED) is 0.745. The molecular formula is C10H14N4O. The molecule has 0 fully saturated rings. The van der Waals surface area contributed by atoms with Crippen molar-refractivity contribution in [2.45, 2.75) is 13.0 Å². The van der Waals surface area contributed by atoms with Gasteiger partial charge in [-0.25, -0.2) is 4.98 Å². The minimum Gasteiger partial charge on any atom is -0.395 e. The number of nitrogens with two attached hydrogens (primary N) is 1. The van der Waals surface area contributed by atoms with Gasteiger partial charge in [-0.2, -0.15) is 5.26 Å². The number of nitriles is 1.